The Hall–Kier alpha value is -2.37. The normalized spacial score (nSPS) is 18.6. The molecule has 0 radical (unpaired) electrons. The fraction of sp³-hybridized carbons (Fsp3) is 0.526. The lowest BCUT2D eigenvalue weighted by atomic mass is 10.0. The van der Waals surface area contributed by atoms with E-state index in [9.17, 15) is 14.4 Å². The first-order valence-corrected chi connectivity index (χ1v) is 8.93. The number of carbonyl (C=O) groups is 3. The minimum Gasteiger partial charge on any atom is -0.342 e. The molecule has 0 bridgehead atoms. The number of hydrogen-bond acceptors (Lipinski definition) is 3. The number of hydrogen-bond donors (Lipinski definition) is 0. The van der Waals surface area contributed by atoms with Crippen LogP contribution in [0.25, 0.3) is 0 Å². The third kappa shape index (κ3) is 3.52. The Morgan fingerprint density at radius 2 is 1.76 bits per heavy atom. The summed E-state index contributed by atoms with van der Waals surface area (Å²) in [6.07, 6.45) is 2.08. The zero-order valence-corrected chi connectivity index (χ0v) is 14.7. The van der Waals surface area contributed by atoms with Crippen LogP contribution in [0.15, 0.2) is 30.3 Å². The average molecular weight is 343 g/mol. The third-order valence-corrected chi connectivity index (χ3v) is 5.20. The van der Waals surface area contributed by atoms with Crippen LogP contribution in [-0.2, 0) is 20.9 Å². The molecule has 0 N–H and O–H groups in total. The summed E-state index contributed by atoms with van der Waals surface area (Å²) in [4.78, 5) is 42.1. The summed E-state index contributed by atoms with van der Waals surface area (Å²) in [7, 11) is 0. The molecule has 0 aromatic heterocycles. The molecular formula is C19H25N3O3. The SMILES string of the molecule is CCN(Cc1ccccc1)C(=O)C1(C(=O)N2CCN(C=O)CC2)CC1. The molecule has 1 saturated heterocycles. The van der Waals surface area contributed by atoms with Gasteiger partial charge in [0, 0.05) is 39.3 Å². The molecule has 2 aliphatic rings. The highest BCUT2D eigenvalue weighted by Crippen LogP contribution is 2.49. The predicted octanol–water partition coefficient (Wildman–Crippen LogP) is 1.12. The summed E-state index contributed by atoms with van der Waals surface area (Å²) in [5.41, 5.74) is 0.203. The van der Waals surface area contributed by atoms with Gasteiger partial charge in [0.25, 0.3) is 0 Å². The number of piperazine rings is 1. The zero-order valence-electron chi connectivity index (χ0n) is 14.7. The Morgan fingerprint density at radius 3 is 2.28 bits per heavy atom. The van der Waals surface area contributed by atoms with Crippen molar-refractivity contribution >= 4 is 18.2 Å². The largest absolute Gasteiger partial charge is 0.342 e. The molecule has 3 rings (SSSR count). The lowest BCUT2D eigenvalue weighted by Crippen LogP contribution is -2.53. The molecule has 0 spiro atoms. The lowest BCUT2D eigenvalue weighted by Gasteiger charge is -2.35. The first kappa shape index (κ1) is 17.5. The van der Waals surface area contributed by atoms with Crippen molar-refractivity contribution in [3.63, 3.8) is 0 Å². The van der Waals surface area contributed by atoms with E-state index in [1.165, 1.54) is 0 Å². The van der Waals surface area contributed by atoms with Crippen molar-refractivity contribution in [3.05, 3.63) is 35.9 Å². The van der Waals surface area contributed by atoms with Crippen LogP contribution in [0.5, 0.6) is 0 Å². The van der Waals surface area contributed by atoms with E-state index in [-0.39, 0.29) is 11.8 Å². The Morgan fingerprint density at radius 1 is 1.12 bits per heavy atom. The van der Waals surface area contributed by atoms with Crippen molar-refractivity contribution in [1.82, 2.24) is 14.7 Å². The molecule has 3 amide bonds. The predicted molar refractivity (Wildman–Crippen MR) is 93.4 cm³/mol. The Bertz CT molecular complexity index is 635. The molecule has 1 aliphatic carbocycles. The van der Waals surface area contributed by atoms with E-state index in [1.807, 2.05) is 37.3 Å². The van der Waals surface area contributed by atoms with Crippen LogP contribution >= 0.6 is 0 Å². The van der Waals surface area contributed by atoms with Crippen LogP contribution < -0.4 is 0 Å². The van der Waals surface area contributed by atoms with Crippen LogP contribution in [0.2, 0.25) is 0 Å². The standard InChI is InChI=1S/C19H25N3O3/c1-2-21(14-16-6-4-3-5-7-16)17(24)19(8-9-19)18(25)22-12-10-20(15-23)11-13-22/h3-7,15H,2,8-14H2,1H3. The maximum atomic E-state index is 13.1. The summed E-state index contributed by atoms with van der Waals surface area (Å²) in [5, 5.41) is 0. The topological polar surface area (TPSA) is 60.9 Å². The van der Waals surface area contributed by atoms with Crippen molar-refractivity contribution < 1.29 is 14.4 Å². The molecule has 1 aliphatic heterocycles. The van der Waals surface area contributed by atoms with Gasteiger partial charge in [0.2, 0.25) is 18.2 Å². The molecule has 134 valence electrons. The molecule has 25 heavy (non-hydrogen) atoms. The van der Waals surface area contributed by atoms with E-state index in [0.29, 0.717) is 52.1 Å². The molecule has 6 nitrogen and oxygen atoms in total. The minimum atomic E-state index is -0.867. The maximum absolute atomic E-state index is 13.1. The summed E-state index contributed by atoms with van der Waals surface area (Å²) in [5.74, 6) is -0.115. The van der Waals surface area contributed by atoms with E-state index < -0.39 is 5.41 Å². The summed E-state index contributed by atoms with van der Waals surface area (Å²) >= 11 is 0. The van der Waals surface area contributed by atoms with E-state index >= 15 is 0 Å². The number of carbonyl (C=O) groups excluding carboxylic acids is 3. The quantitative estimate of drug-likeness (QED) is 0.574. The summed E-state index contributed by atoms with van der Waals surface area (Å²) in [6.45, 7) is 5.17. The number of rotatable bonds is 6. The highest BCUT2D eigenvalue weighted by Gasteiger charge is 2.59. The average Bonchev–Trinajstić information content (AvgIpc) is 3.48. The first-order valence-electron chi connectivity index (χ1n) is 8.93. The van der Waals surface area contributed by atoms with Gasteiger partial charge in [-0.15, -0.1) is 0 Å². The second-order valence-electron chi connectivity index (χ2n) is 6.82. The first-order chi connectivity index (χ1) is 12.1. The van der Waals surface area contributed by atoms with Gasteiger partial charge in [-0.2, -0.15) is 0 Å². The van der Waals surface area contributed by atoms with Gasteiger partial charge in [0.15, 0.2) is 0 Å². The van der Waals surface area contributed by atoms with Crippen molar-refractivity contribution in [3.8, 4) is 0 Å². The van der Waals surface area contributed by atoms with E-state index in [4.69, 9.17) is 0 Å². The van der Waals surface area contributed by atoms with E-state index in [0.717, 1.165) is 12.0 Å². The van der Waals surface area contributed by atoms with Crippen LogP contribution in [-0.4, -0.2) is 65.6 Å². The Balaban J connectivity index is 1.67. The summed E-state index contributed by atoms with van der Waals surface area (Å²) in [6, 6.07) is 9.86. The molecule has 2 fully saturated rings. The van der Waals surface area contributed by atoms with Crippen LogP contribution in [0.1, 0.15) is 25.3 Å². The van der Waals surface area contributed by atoms with Gasteiger partial charge >= 0.3 is 0 Å². The maximum Gasteiger partial charge on any atom is 0.238 e. The van der Waals surface area contributed by atoms with Crippen molar-refractivity contribution in [2.75, 3.05) is 32.7 Å². The monoisotopic (exact) mass is 343 g/mol. The van der Waals surface area contributed by atoms with Crippen molar-refractivity contribution in [2.45, 2.75) is 26.3 Å². The molecule has 1 aromatic carbocycles. The van der Waals surface area contributed by atoms with Crippen LogP contribution in [0.4, 0.5) is 0 Å². The minimum absolute atomic E-state index is 0.0540. The highest BCUT2D eigenvalue weighted by atomic mass is 16.2. The second kappa shape index (κ2) is 7.25. The Labute approximate surface area is 148 Å². The lowest BCUT2D eigenvalue weighted by molar-refractivity contribution is -0.151. The third-order valence-electron chi connectivity index (χ3n) is 5.20. The fourth-order valence-electron chi connectivity index (χ4n) is 3.41. The fourth-order valence-corrected chi connectivity index (χ4v) is 3.41. The van der Waals surface area contributed by atoms with Crippen molar-refractivity contribution in [1.29, 1.82) is 0 Å². The van der Waals surface area contributed by atoms with Gasteiger partial charge in [-0.25, -0.2) is 0 Å². The number of nitrogens with zero attached hydrogens (tertiary/aromatic N) is 3. The molecule has 1 heterocycles. The van der Waals surface area contributed by atoms with Gasteiger partial charge in [-0.3, -0.25) is 14.4 Å². The van der Waals surface area contributed by atoms with Crippen LogP contribution in [0, 0.1) is 5.41 Å². The molecule has 0 unspecified atom stereocenters. The molecule has 1 aromatic rings. The van der Waals surface area contributed by atoms with Crippen LogP contribution in [0.3, 0.4) is 0 Å². The smallest absolute Gasteiger partial charge is 0.238 e. The molecule has 1 saturated carbocycles. The van der Waals surface area contributed by atoms with Gasteiger partial charge in [-0.1, -0.05) is 30.3 Å². The van der Waals surface area contributed by atoms with E-state index in [2.05, 4.69) is 0 Å². The second-order valence-corrected chi connectivity index (χ2v) is 6.82. The highest BCUT2D eigenvalue weighted by molar-refractivity contribution is 6.07. The number of amides is 3. The van der Waals surface area contributed by atoms with Gasteiger partial charge in [0.05, 0.1) is 0 Å². The van der Waals surface area contributed by atoms with E-state index in [1.54, 1.807) is 14.7 Å². The van der Waals surface area contributed by atoms with Gasteiger partial charge in [0.1, 0.15) is 5.41 Å². The summed E-state index contributed by atoms with van der Waals surface area (Å²) < 4.78 is 0. The molecule has 6 heteroatoms. The zero-order chi connectivity index (χ0) is 17.9. The van der Waals surface area contributed by atoms with Crippen molar-refractivity contribution in [2.24, 2.45) is 5.41 Å². The number of benzene rings is 1. The molecular weight excluding hydrogens is 318 g/mol. The molecule has 0 atom stereocenters. The van der Waals surface area contributed by atoms with Gasteiger partial charge in [-0.05, 0) is 25.3 Å². The Kier molecular flexibility index (Phi) is 5.06. The van der Waals surface area contributed by atoms with Gasteiger partial charge < -0.3 is 14.7 Å².